The Hall–Kier alpha value is -3.06. The summed E-state index contributed by atoms with van der Waals surface area (Å²) in [6, 6.07) is 7.76. The summed E-state index contributed by atoms with van der Waals surface area (Å²) in [5.41, 5.74) is 8.23. The Labute approximate surface area is 156 Å². The molecule has 0 aliphatic rings. The van der Waals surface area contributed by atoms with Gasteiger partial charge < -0.3 is 10.6 Å². The van der Waals surface area contributed by atoms with Crippen molar-refractivity contribution in [3.63, 3.8) is 0 Å². The summed E-state index contributed by atoms with van der Waals surface area (Å²) >= 11 is 1.65. The van der Waals surface area contributed by atoms with Gasteiger partial charge in [-0.2, -0.15) is 0 Å². The van der Waals surface area contributed by atoms with E-state index in [2.05, 4.69) is 27.9 Å². The van der Waals surface area contributed by atoms with Crippen LogP contribution in [0.1, 0.15) is 21.7 Å². The number of carbonyl (C=O) groups is 1. The molecule has 0 bridgehead atoms. The SMILES string of the molecule is Cc1ccsc1CN(Cc1ccccn1)C(=O)C=Cc1cnc(N)nc1. The maximum absolute atomic E-state index is 12.8. The van der Waals surface area contributed by atoms with Crippen LogP contribution in [0.2, 0.25) is 0 Å². The third-order valence-corrected chi connectivity index (χ3v) is 4.81. The second kappa shape index (κ2) is 8.35. The summed E-state index contributed by atoms with van der Waals surface area (Å²) in [4.78, 5) is 27.9. The zero-order valence-corrected chi connectivity index (χ0v) is 15.2. The van der Waals surface area contributed by atoms with Gasteiger partial charge in [0.05, 0.1) is 18.8 Å². The highest BCUT2D eigenvalue weighted by molar-refractivity contribution is 7.10. The zero-order valence-electron chi connectivity index (χ0n) is 14.4. The Morgan fingerprint density at radius 2 is 2.00 bits per heavy atom. The molecule has 0 unspecified atom stereocenters. The van der Waals surface area contributed by atoms with E-state index in [0.717, 1.165) is 11.3 Å². The van der Waals surface area contributed by atoms with Crippen LogP contribution in [-0.2, 0) is 17.9 Å². The van der Waals surface area contributed by atoms with Crippen molar-refractivity contribution in [3.8, 4) is 0 Å². The van der Waals surface area contributed by atoms with Crippen LogP contribution >= 0.6 is 11.3 Å². The van der Waals surface area contributed by atoms with Crippen LogP contribution < -0.4 is 5.73 Å². The van der Waals surface area contributed by atoms with Gasteiger partial charge in [-0.25, -0.2) is 9.97 Å². The molecule has 2 N–H and O–H groups in total. The minimum atomic E-state index is -0.0970. The number of thiophene rings is 1. The van der Waals surface area contributed by atoms with Gasteiger partial charge in [0.25, 0.3) is 0 Å². The fraction of sp³-hybridized carbons (Fsp3) is 0.158. The molecule has 0 fully saturated rings. The molecule has 3 heterocycles. The van der Waals surface area contributed by atoms with Crippen LogP contribution in [0.15, 0.2) is 54.3 Å². The number of rotatable bonds is 6. The second-order valence-corrected chi connectivity index (χ2v) is 6.75. The van der Waals surface area contributed by atoms with Crippen molar-refractivity contribution in [2.75, 3.05) is 5.73 Å². The zero-order chi connectivity index (χ0) is 18.4. The Morgan fingerprint density at radius 3 is 2.65 bits per heavy atom. The van der Waals surface area contributed by atoms with E-state index in [4.69, 9.17) is 5.73 Å². The van der Waals surface area contributed by atoms with Crippen molar-refractivity contribution in [2.45, 2.75) is 20.0 Å². The van der Waals surface area contributed by atoms with Crippen molar-refractivity contribution in [1.82, 2.24) is 19.9 Å². The molecule has 0 atom stereocenters. The van der Waals surface area contributed by atoms with Crippen molar-refractivity contribution in [3.05, 3.63) is 76.0 Å². The summed E-state index contributed by atoms with van der Waals surface area (Å²) in [5.74, 6) is 0.110. The lowest BCUT2D eigenvalue weighted by atomic mass is 10.2. The average molecular weight is 365 g/mol. The number of hydrogen-bond acceptors (Lipinski definition) is 6. The Bertz CT molecular complexity index is 890. The molecule has 3 aromatic rings. The molecule has 0 aliphatic carbocycles. The number of anilines is 1. The summed E-state index contributed by atoms with van der Waals surface area (Å²) in [6.45, 7) is 3.04. The van der Waals surface area contributed by atoms with E-state index in [1.165, 1.54) is 16.5 Å². The molecule has 7 heteroatoms. The molecular formula is C19H19N5OS. The lowest BCUT2D eigenvalue weighted by Crippen LogP contribution is -2.28. The van der Waals surface area contributed by atoms with Gasteiger partial charge in [-0.15, -0.1) is 11.3 Å². The Morgan fingerprint density at radius 1 is 1.19 bits per heavy atom. The van der Waals surface area contributed by atoms with Gasteiger partial charge in [-0.05, 0) is 42.1 Å². The van der Waals surface area contributed by atoms with Crippen LogP contribution in [-0.4, -0.2) is 25.8 Å². The largest absolute Gasteiger partial charge is 0.368 e. The van der Waals surface area contributed by atoms with Crippen molar-refractivity contribution in [2.24, 2.45) is 0 Å². The second-order valence-electron chi connectivity index (χ2n) is 5.75. The number of hydrogen-bond donors (Lipinski definition) is 1. The molecule has 0 saturated carbocycles. The lowest BCUT2D eigenvalue weighted by molar-refractivity contribution is -0.127. The fourth-order valence-electron chi connectivity index (χ4n) is 2.35. The molecule has 6 nitrogen and oxygen atoms in total. The minimum Gasteiger partial charge on any atom is -0.368 e. The van der Waals surface area contributed by atoms with E-state index >= 15 is 0 Å². The Balaban J connectivity index is 1.78. The van der Waals surface area contributed by atoms with E-state index < -0.39 is 0 Å². The van der Waals surface area contributed by atoms with Crippen molar-refractivity contribution < 1.29 is 4.79 Å². The highest BCUT2D eigenvalue weighted by Crippen LogP contribution is 2.19. The molecule has 0 radical (unpaired) electrons. The number of aryl methyl sites for hydroxylation is 1. The van der Waals surface area contributed by atoms with Crippen LogP contribution in [0.5, 0.6) is 0 Å². The molecule has 0 aromatic carbocycles. The topological polar surface area (TPSA) is 85.0 Å². The summed E-state index contributed by atoms with van der Waals surface area (Å²) < 4.78 is 0. The van der Waals surface area contributed by atoms with E-state index in [1.807, 2.05) is 23.6 Å². The van der Waals surface area contributed by atoms with Crippen LogP contribution in [0.3, 0.4) is 0 Å². The predicted molar refractivity (Wildman–Crippen MR) is 103 cm³/mol. The van der Waals surface area contributed by atoms with Gasteiger partial charge in [0.1, 0.15) is 0 Å². The number of nitrogens with two attached hydrogens (primary N) is 1. The summed E-state index contributed by atoms with van der Waals surface area (Å²) in [5, 5.41) is 2.04. The van der Waals surface area contributed by atoms with E-state index in [-0.39, 0.29) is 11.9 Å². The minimum absolute atomic E-state index is 0.0970. The quantitative estimate of drug-likeness (QED) is 0.679. The van der Waals surface area contributed by atoms with Crippen LogP contribution in [0, 0.1) is 6.92 Å². The van der Waals surface area contributed by atoms with E-state index in [1.54, 1.807) is 40.9 Å². The van der Waals surface area contributed by atoms with Gasteiger partial charge >= 0.3 is 0 Å². The molecule has 0 saturated heterocycles. The highest BCUT2D eigenvalue weighted by Gasteiger charge is 2.14. The lowest BCUT2D eigenvalue weighted by Gasteiger charge is -2.20. The van der Waals surface area contributed by atoms with Gasteiger partial charge in [0.2, 0.25) is 11.9 Å². The van der Waals surface area contributed by atoms with E-state index in [9.17, 15) is 4.79 Å². The number of carbonyl (C=O) groups excluding carboxylic acids is 1. The van der Waals surface area contributed by atoms with Crippen LogP contribution in [0.4, 0.5) is 5.95 Å². The molecule has 0 spiro atoms. The first kappa shape index (κ1) is 17.8. The molecule has 1 amide bonds. The molecule has 26 heavy (non-hydrogen) atoms. The monoisotopic (exact) mass is 365 g/mol. The van der Waals surface area contributed by atoms with E-state index in [0.29, 0.717) is 13.1 Å². The molecule has 0 aliphatic heterocycles. The van der Waals surface area contributed by atoms with Gasteiger partial charge in [-0.3, -0.25) is 9.78 Å². The maximum Gasteiger partial charge on any atom is 0.247 e. The number of aromatic nitrogens is 3. The fourth-order valence-corrected chi connectivity index (χ4v) is 3.27. The normalized spacial score (nSPS) is 11.0. The molecule has 3 rings (SSSR count). The predicted octanol–water partition coefficient (Wildman–Crippen LogP) is 3.07. The molecule has 3 aromatic heterocycles. The number of nitrogens with zero attached hydrogens (tertiary/aromatic N) is 4. The first-order valence-electron chi connectivity index (χ1n) is 8.09. The van der Waals surface area contributed by atoms with Crippen molar-refractivity contribution in [1.29, 1.82) is 0 Å². The Kier molecular flexibility index (Phi) is 5.70. The summed E-state index contributed by atoms with van der Waals surface area (Å²) in [6.07, 6.45) is 8.11. The van der Waals surface area contributed by atoms with Crippen LogP contribution in [0.25, 0.3) is 6.08 Å². The summed E-state index contributed by atoms with van der Waals surface area (Å²) in [7, 11) is 0. The molecular weight excluding hydrogens is 346 g/mol. The number of pyridine rings is 1. The van der Waals surface area contributed by atoms with Gasteiger partial charge in [0, 0.05) is 35.1 Å². The third-order valence-electron chi connectivity index (χ3n) is 3.80. The third kappa shape index (κ3) is 4.73. The number of amides is 1. The number of nitrogen functional groups attached to an aromatic ring is 1. The highest BCUT2D eigenvalue weighted by atomic mass is 32.1. The van der Waals surface area contributed by atoms with Gasteiger partial charge in [0.15, 0.2) is 0 Å². The first-order valence-corrected chi connectivity index (χ1v) is 8.97. The smallest absolute Gasteiger partial charge is 0.247 e. The van der Waals surface area contributed by atoms with Gasteiger partial charge in [-0.1, -0.05) is 6.07 Å². The van der Waals surface area contributed by atoms with Crippen molar-refractivity contribution >= 4 is 29.3 Å². The first-order chi connectivity index (χ1) is 12.6. The maximum atomic E-state index is 12.8. The molecule has 132 valence electrons. The standard InChI is InChI=1S/C19H19N5OS/c1-14-7-9-26-17(14)13-24(12-16-4-2-3-8-21-16)18(25)6-5-15-10-22-19(20)23-11-15/h2-11H,12-13H2,1H3,(H2,20,22,23). The average Bonchev–Trinajstić information content (AvgIpc) is 3.06.